The van der Waals surface area contributed by atoms with Crippen LogP contribution in [0.1, 0.15) is 44.6 Å². The molecule has 0 aliphatic carbocycles. The third-order valence-electron chi connectivity index (χ3n) is 5.47. The number of nitrogens with one attached hydrogen (secondary N) is 2. The molecule has 7 nitrogen and oxygen atoms in total. The van der Waals surface area contributed by atoms with Crippen LogP contribution in [-0.2, 0) is 16.4 Å². The van der Waals surface area contributed by atoms with E-state index in [0.29, 0.717) is 18.8 Å². The first-order chi connectivity index (χ1) is 14.8. The van der Waals surface area contributed by atoms with Crippen molar-refractivity contribution in [2.24, 2.45) is 0 Å². The van der Waals surface area contributed by atoms with Gasteiger partial charge >= 0.3 is 6.03 Å². The van der Waals surface area contributed by atoms with Gasteiger partial charge < -0.3 is 15.7 Å². The van der Waals surface area contributed by atoms with Crippen molar-refractivity contribution in [2.45, 2.75) is 56.4 Å². The number of sulfonamides is 1. The third kappa shape index (κ3) is 6.70. The second-order valence-corrected chi connectivity index (χ2v) is 9.99. The van der Waals surface area contributed by atoms with Crippen molar-refractivity contribution in [2.75, 3.05) is 18.4 Å². The molecule has 31 heavy (non-hydrogen) atoms. The van der Waals surface area contributed by atoms with Crippen molar-refractivity contribution in [3.8, 4) is 5.75 Å². The van der Waals surface area contributed by atoms with Gasteiger partial charge in [0.25, 0.3) is 0 Å². The SMILES string of the molecule is CC(CCc1ccc(O)cc1)NC(=O)Nc1cccc(S(=O)(=O)N2CCCCCC2)c1. The highest BCUT2D eigenvalue weighted by Gasteiger charge is 2.25. The number of hydrogen-bond acceptors (Lipinski definition) is 4. The molecule has 0 spiro atoms. The highest BCUT2D eigenvalue weighted by Crippen LogP contribution is 2.22. The zero-order valence-corrected chi connectivity index (χ0v) is 18.7. The molecule has 0 aromatic heterocycles. The molecule has 1 saturated heterocycles. The zero-order valence-electron chi connectivity index (χ0n) is 17.9. The summed E-state index contributed by atoms with van der Waals surface area (Å²) in [6.45, 7) is 3.00. The lowest BCUT2D eigenvalue weighted by atomic mass is 10.1. The van der Waals surface area contributed by atoms with E-state index < -0.39 is 10.0 Å². The molecule has 2 amide bonds. The van der Waals surface area contributed by atoms with Gasteiger partial charge in [-0.05, 0) is 68.5 Å². The van der Waals surface area contributed by atoms with E-state index in [1.54, 1.807) is 34.6 Å². The molecule has 0 radical (unpaired) electrons. The smallest absolute Gasteiger partial charge is 0.319 e. The minimum Gasteiger partial charge on any atom is -0.508 e. The number of anilines is 1. The van der Waals surface area contributed by atoms with E-state index in [-0.39, 0.29) is 22.7 Å². The Bertz CT molecular complexity index is 969. The first-order valence-electron chi connectivity index (χ1n) is 10.8. The van der Waals surface area contributed by atoms with Gasteiger partial charge in [-0.1, -0.05) is 31.0 Å². The van der Waals surface area contributed by atoms with E-state index in [2.05, 4.69) is 10.6 Å². The number of benzene rings is 2. The van der Waals surface area contributed by atoms with E-state index in [1.165, 1.54) is 6.07 Å². The van der Waals surface area contributed by atoms with Crippen molar-refractivity contribution in [1.82, 2.24) is 9.62 Å². The molecule has 3 rings (SSSR count). The Balaban J connectivity index is 1.55. The van der Waals surface area contributed by atoms with Crippen LogP contribution in [0, 0.1) is 0 Å². The Morgan fingerprint density at radius 3 is 2.42 bits per heavy atom. The van der Waals surface area contributed by atoms with E-state index >= 15 is 0 Å². The lowest BCUT2D eigenvalue weighted by Gasteiger charge is -2.20. The minimum atomic E-state index is -3.57. The lowest BCUT2D eigenvalue weighted by Crippen LogP contribution is -2.36. The van der Waals surface area contributed by atoms with Gasteiger partial charge in [0.2, 0.25) is 10.0 Å². The summed E-state index contributed by atoms with van der Waals surface area (Å²) in [6.07, 6.45) is 5.37. The van der Waals surface area contributed by atoms with Crippen molar-refractivity contribution < 1.29 is 18.3 Å². The fourth-order valence-electron chi connectivity index (χ4n) is 3.67. The van der Waals surface area contributed by atoms with Gasteiger partial charge in [0, 0.05) is 24.8 Å². The fourth-order valence-corrected chi connectivity index (χ4v) is 5.24. The van der Waals surface area contributed by atoms with Crippen LogP contribution >= 0.6 is 0 Å². The molecule has 1 aliphatic rings. The topological polar surface area (TPSA) is 98.7 Å². The van der Waals surface area contributed by atoms with Gasteiger partial charge in [-0.3, -0.25) is 0 Å². The molecule has 1 fully saturated rings. The number of aryl methyl sites for hydroxylation is 1. The quantitative estimate of drug-likeness (QED) is 0.597. The third-order valence-corrected chi connectivity index (χ3v) is 7.37. The van der Waals surface area contributed by atoms with Crippen LogP contribution in [0.4, 0.5) is 10.5 Å². The van der Waals surface area contributed by atoms with Gasteiger partial charge in [-0.25, -0.2) is 13.2 Å². The Morgan fingerprint density at radius 1 is 1.06 bits per heavy atom. The molecule has 168 valence electrons. The highest BCUT2D eigenvalue weighted by molar-refractivity contribution is 7.89. The van der Waals surface area contributed by atoms with Gasteiger partial charge in [0.15, 0.2) is 0 Å². The van der Waals surface area contributed by atoms with E-state index in [9.17, 15) is 18.3 Å². The first-order valence-corrected chi connectivity index (χ1v) is 12.2. The maximum Gasteiger partial charge on any atom is 0.319 e. The summed E-state index contributed by atoms with van der Waals surface area (Å²) >= 11 is 0. The molecule has 2 aromatic rings. The number of phenolic OH excluding ortho intramolecular Hbond substituents is 1. The van der Waals surface area contributed by atoms with Crippen LogP contribution in [0.3, 0.4) is 0 Å². The van der Waals surface area contributed by atoms with Gasteiger partial charge in [-0.2, -0.15) is 4.31 Å². The predicted octanol–water partition coefficient (Wildman–Crippen LogP) is 4.10. The summed E-state index contributed by atoms with van der Waals surface area (Å²) in [4.78, 5) is 12.6. The number of nitrogens with zero attached hydrogens (tertiary/aromatic N) is 1. The predicted molar refractivity (Wildman–Crippen MR) is 122 cm³/mol. The standard InChI is InChI=1S/C23H31N3O4S/c1-18(9-10-19-11-13-21(27)14-12-19)24-23(28)25-20-7-6-8-22(17-20)31(29,30)26-15-4-2-3-5-16-26/h6-8,11-14,17-18,27H,2-5,9-10,15-16H2,1H3,(H2,24,25,28). The monoisotopic (exact) mass is 445 g/mol. The fraction of sp³-hybridized carbons (Fsp3) is 0.435. The van der Waals surface area contributed by atoms with Crippen LogP contribution in [0.5, 0.6) is 5.75 Å². The second-order valence-electron chi connectivity index (χ2n) is 8.05. The number of amides is 2. The maximum atomic E-state index is 13.0. The van der Waals surface area contributed by atoms with Crippen molar-refractivity contribution >= 4 is 21.7 Å². The van der Waals surface area contributed by atoms with E-state index in [4.69, 9.17) is 0 Å². The molecular formula is C23H31N3O4S. The van der Waals surface area contributed by atoms with E-state index in [1.807, 2.05) is 19.1 Å². The summed E-state index contributed by atoms with van der Waals surface area (Å²) in [5, 5.41) is 15.0. The molecule has 1 unspecified atom stereocenters. The number of urea groups is 1. The summed E-state index contributed by atoms with van der Waals surface area (Å²) in [7, 11) is -3.57. The van der Waals surface area contributed by atoms with Crippen LogP contribution in [0.15, 0.2) is 53.4 Å². The molecule has 8 heteroatoms. The normalized spacial score (nSPS) is 16.3. The van der Waals surface area contributed by atoms with Gasteiger partial charge in [-0.15, -0.1) is 0 Å². The van der Waals surface area contributed by atoms with Gasteiger partial charge in [0.1, 0.15) is 5.75 Å². The summed E-state index contributed by atoms with van der Waals surface area (Å²) in [5.41, 5.74) is 1.53. The van der Waals surface area contributed by atoms with Crippen molar-refractivity contribution in [3.63, 3.8) is 0 Å². The number of carbonyl (C=O) groups excluding carboxylic acids is 1. The maximum absolute atomic E-state index is 13.0. The Hall–Kier alpha value is -2.58. The van der Waals surface area contributed by atoms with Crippen LogP contribution < -0.4 is 10.6 Å². The minimum absolute atomic E-state index is 0.0715. The number of carbonyl (C=O) groups is 1. The Labute approximate surface area is 184 Å². The zero-order chi connectivity index (χ0) is 22.3. The number of hydrogen-bond donors (Lipinski definition) is 3. The molecular weight excluding hydrogens is 414 g/mol. The van der Waals surface area contributed by atoms with Crippen molar-refractivity contribution in [3.05, 3.63) is 54.1 Å². The molecule has 3 N–H and O–H groups in total. The number of rotatable bonds is 7. The average molecular weight is 446 g/mol. The van der Waals surface area contributed by atoms with Crippen molar-refractivity contribution in [1.29, 1.82) is 0 Å². The second kappa shape index (κ2) is 10.6. The highest BCUT2D eigenvalue weighted by atomic mass is 32.2. The molecule has 1 atom stereocenters. The molecule has 2 aromatic carbocycles. The molecule has 1 aliphatic heterocycles. The van der Waals surface area contributed by atoms with Crippen LogP contribution in [0.2, 0.25) is 0 Å². The van der Waals surface area contributed by atoms with Crippen LogP contribution in [-0.4, -0.2) is 43.0 Å². The van der Waals surface area contributed by atoms with E-state index in [0.717, 1.165) is 44.1 Å². The molecule has 0 bridgehead atoms. The summed E-state index contributed by atoms with van der Waals surface area (Å²) < 4.78 is 27.5. The van der Waals surface area contributed by atoms with Crippen LogP contribution in [0.25, 0.3) is 0 Å². The summed E-state index contributed by atoms with van der Waals surface area (Å²) in [5.74, 6) is 0.231. The number of phenols is 1. The summed E-state index contributed by atoms with van der Waals surface area (Å²) in [6, 6.07) is 13.0. The number of aromatic hydroxyl groups is 1. The lowest BCUT2D eigenvalue weighted by molar-refractivity contribution is 0.248. The Kier molecular flexibility index (Phi) is 7.92. The van der Waals surface area contributed by atoms with Gasteiger partial charge in [0.05, 0.1) is 4.90 Å². The first kappa shape index (κ1) is 23.1. The average Bonchev–Trinajstić information content (AvgIpc) is 3.04. The largest absolute Gasteiger partial charge is 0.508 e. The molecule has 1 heterocycles. The molecule has 0 saturated carbocycles. The Morgan fingerprint density at radius 2 is 1.74 bits per heavy atom.